The van der Waals surface area contributed by atoms with Crippen molar-refractivity contribution in [1.82, 2.24) is 4.98 Å². The van der Waals surface area contributed by atoms with Gasteiger partial charge in [0.2, 0.25) is 11.8 Å². The van der Waals surface area contributed by atoms with Crippen LogP contribution in [0.2, 0.25) is 0 Å². The summed E-state index contributed by atoms with van der Waals surface area (Å²) in [7, 11) is 0. The van der Waals surface area contributed by atoms with Gasteiger partial charge in [0.1, 0.15) is 5.75 Å². The molecule has 1 amide bonds. The fourth-order valence-electron chi connectivity index (χ4n) is 2.61. The number of hydrogen-bond acceptors (Lipinski definition) is 4. The van der Waals surface area contributed by atoms with Gasteiger partial charge in [-0.3, -0.25) is 4.79 Å². The molecule has 0 saturated heterocycles. The molecule has 150 valence electrons. The summed E-state index contributed by atoms with van der Waals surface area (Å²) in [6.45, 7) is 8.33. The summed E-state index contributed by atoms with van der Waals surface area (Å²) in [5.41, 5.74) is 3.46. The first-order valence-electron chi connectivity index (χ1n) is 9.65. The Morgan fingerprint density at radius 2 is 1.79 bits per heavy atom. The Morgan fingerprint density at radius 3 is 2.41 bits per heavy atom. The van der Waals surface area contributed by atoms with Crippen LogP contribution in [0, 0.1) is 12.3 Å². The number of anilines is 2. The number of benzene rings is 2. The van der Waals surface area contributed by atoms with Crippen molar-refractivity contribution in [3.63, 3.8) is 0 Å². The summed E-state index contributed by atoms with van der Waals surface area (Å²) in [5.74, 6) is 1.33. The summed E-state index contributed by atoms with van der Waals surface area (Å²) in [5, 5.41) is 6.37. The predicted molar refractivity (Wildman–Crippen MR) is 117 cm³/mol. The highest BCUT2D eigenvalue weighted by Gasteiger charge is 2.21. The Labute approximate surface area is 172 Å². The third-order valence-corrected chi connectivity index (χ3v) is 4.42. The van der Waals surface area contributed by atoms with Crippen LogP contribution in [0.4, 0.5) is 11.4 Å². The van der Waals surface area contributed by atoms with Crippen LogP contribution in [-0.4, -0.2) is 10.9 Å². The number of nitrogens with one attached hydrogen (secondary N) is 2. The van der Waals surface area contributed by atoms with E-state index < -0.39 is 5.41 Å². The Bertz CT molecular complexity index is 962. The Balaban J connectivity index is 1.57. The van der Waals surface area contributed by atoms with Crippen molar-refractivity contribution in [2.24, 2.45) is 5.41 Å². The Kier molecular flexibility index (Phi) is 6.17. The van der Waals surface area contributed by atoms with Gasteiger partial charge in [-0.1, -0.05) is 45.0 Å². The lowest BCUT2D eigenvalue weighted by atomic mass is 9.95. The number of para-hydroxylation sites is 1. The zero-order valence-electron chi connectivity index (χ0n) is 17.3. The highest BCUT2D eigenvalue weighted by molar-refractivity contribution is 5.95. The molecule has 2 aromatic carbocycles. The maximum atomic E-state index is 12.2. The second kappa shape index (κ2) is 8.78. The van der Waals surface area contributed by atoms with Gasteiger partial charge < -0.3 is 15.4 Å². The summed E-state index contributed by atoms with van der Waals surface area (Å²) >= 11 is 0. The van der Waals surface area contributed by atoms with E-state index in [0.717, 1.165) is 28.3 Å². The zero-order valence-corrected chi connectivity index (χ0v) is 17.3. The van der Waals surface area contributed by atoms with Crippen molar-refractivity contribution in [2.75, 3.05) is 10.6 Å². The number of nitrogens with zero attached hydrogens (tertiary/aromatic N) is 1. The van der Waals surface area contributed by atoms with Gasteiger partial charge in [-0.2, -0.15) is 0 Å². The van der Waals surface area contributed by atoms with Gasteiger partial charge in [0.25, 0.3) is 0 Å². The highest BCUT2D eigenvalue weighted by Crippen LogP contribution is 2.24. The third kappa shape index (κ3) is 5.82. The molecular formula is C24H27N3O2. The molecule has 0 aliphatic rings. The van der Waals surface area contributed by atoms with Crippen molar-refractivity contribution in [3.05, 3.63) is 78.0 Å². The fourth-order valence-corrected chi connectivity index (χ4v) is 2.61. The third-order valence-electron chi connectivity index (χ3n) is 4.42. The normalized spacial score (nSPS) is 11.0. The SMILES string of the molecule is Cc1cc(NCc2ccc(Oc3ccccc3)nc2)ccc1NC(=O)C(C)(C)C. The van der Waals surface area contributed by atoms with E-state index in [-0.39, 0.29) is 5.91 Å². The summed E-state index contributed by atoms with van der Waals surface area (Å²) < 4.78 is 5.71. The minimum Gasteiger partial charge on any atom is -0.439 e. The molecule has 1 heterocycles. The maximum Gasteiger partial charge on any atom is 0.229 e. The van der Waals surface area contributed by atoms with Gasteiger partial charge in [-0.05, 0) is 48.4 Å². The second-order valence-electron chi connectivity index (χ2n) is 8.01. The predicted octanol–water partition coefficient (Wildman–Crippen LogP) is 5.78. The van der Waals surface area contributed by atoms with Crippen LogP contribution in [0.25, 0.3) is 0 Å². The molecule has 0 atom stereocenters. The largest absolute Gasteiger partial charge is 0.439 e. The Hall–Kier alpha value is -3.34. The van der Waals surface area contributed by atoms with Gasteiger partial charge >= 0.3 is 0 Å². The molecule has 3 rings (SSSR count). The topological polar surface area (TPSA) is 63.2 Å². The first kappa shape index (κ1) is 20.4. The molecule has 2 N–H and O–H groups in total. The number of aromatic nitrogens is 1. The van der Waals surface area contributed by atoms with Gasteiger partial charge in [-0.15, -0.1) is 0 Å². The number of amides is 1. The van der Waals surface area contributed by atoms with Crippen LogP contribution in [0.3, 0.4) is 0 Å². The molecule has 0 bridgehead atoms. The smallest absolute Gasteiger partial charge is 0.229 e. The van der Waals surface area contributed by atoms with E-state index in [1.165, 1.54) is 0 Å². The molecule has 29 heavy (non-hydrogen) atoms. The number of rotatable bonds is 6. The molecular weight excluding hydrogens is 362 g/mol. The van der Waals surface area contributed by atoms with E-state index in [1.807, 2.05) is 88.4 Å². The van der Waals surface area contributed by atoms with Crippen LogP contribution < -0.4 is 15.4 Å². The van der Waals surface area contributed by atoms with E-state index >= 15 is 0 Å². The van der Waals surface area contributed by atoms with Crippen molar-refractivity contribution < 1.29 is 9.53 Å². The number of carbonyl (C=O) groups excluding carboxylic acids is 1. The van der Waals surface area contributed by atoms with Crippen LogP contribution in [0.15, 0.2) is 66.9 Å². The van der Waals surface area contributed by atoms with Gasteiger partial charge in [0.15, 0.2) is 0 Å². The lowest BCUT2D eigenvalue weighted by molar-refractivity contribution is -0.123. The van der Waals surface area contributed by atoms with Gasteiger partial charge in [-0.25, -0.2) is 4.98 Å². The average Bonchev–Trinajstić information content (AvgIpc) is 2.69. The Morgan fingerprint density at radius 1 is 1.03 bits per heavy atom. The first-order valence-corrected chi connectivity index (χ1v) is 9.65. The first-order chi connectivity index (χ1) is 13.8. The van der Waals surface area contributed by atoms with E-state index in [2.05, 4.69) is 15.6 Å². The van der Waals surface area contributed by atoms with Gasteiger partial charge in [0.05, 0.1) is 0 Å². The number of hydrogen-bond donors (Lipinski definition) is 2. The quantitative estimate of drug-likeness (QED) is 0.561. The summed E-state index contributed by atoms with van der Waals surface area (Å²) in [6, 6.07) is 19.4. The highest BCUT2D eigenvalue weighted by atomic mass is 16.5. The lowest BCUT2D eigenvalue weighted by Crippen LogP contribution is -2.27. The van der Waals surface area contributed by atoms with Crippen molar-refractivity contribution in [2.45, 2.75) is 34.2 Å². The van der Waals surface area contributed by atoms with Crippen molar-refractivity contribution in [3.8, 4) is 11.6 Å². The second-order valence-corrected chi connectivity index (χ2v) is 8.01. The van der Waals surface area contributed by atoms with Crippen LogP contribution in [-0.2, 0) is 11.3 Å². The summed E-state index contributed by atoms with van der Waals surface area (Å²) in [6.07, 6.45) is 1.80. The van der Waals surface area contributed by atoms with E-state index in [0.29, 0.717) is 12.4 Å². The molecule has 5 nitrogen and oxygen atoms in total. The van der Waals surface area contributed by atoms with E-state index in [4.69, 9.17) is 4.74 Å². The molecule has 0 fully saturated rings. The molecule has 0 radical (unpaired) electrons. The molecule has 1 aromatic heterocycles. The van der Waals surface area contributed by atoms with E-state index in [1.54, 1.807) is 6.20 Å². The summed E-state index contributed by atoms with van der Waals surface area (Å²) in [4.78, 5) is 16.5. The van der Waals surface area contributed by atoms with E-state index in [9.17, 15) is 4.79 Å². The molecule has 0 spiro atoms. The monoisotopic (exact) mass is 389 g/mol. The van der Waals surface area contributed by atoms with Crippen molar-refractivity contribution in [1.29, 1.82) is 0 Å². The van der Waals surface area contributed by atoms with Gasteiger partial charge in [0, 0.05) is 35.6 Å². The minimum absolute atomic E-state index is 0.00481. The standard InChI is InChI=1S/C24H27N3O2/c1-17-14-19(11-12-21(17)27-23(28)24(2,3)4)25-15-18-10-13-22(26-16-18)29-20-8-6-5-7-9-20/h5-14,16,25H,15H2,1-4H3,(H,27,28). The lowest BCUT2D eigenvalue weighted by Gasteiger charge is -2.19. The number of pyridine rings is 1. The van der Waals surface area contributed by atoms with Crippen LogP contribution in [0.1, 0.15) is 31.9 Å². The van der Waals surface area contributed by atoms with Crippen LogP contribution in [0.5, 0.6) is 11.6 Å². The molecule has 3 aromatic rings. The number of aryl methyl sites for hydroxylation is 1. The van der Waals surface area contributed by atoms with Crippen molar-refractivity contribution >= 4 is 17.3 Å². The molecule has 0 unspecified atom stereocenters. The zero-order chi connectivity index (χ0) is 20.9. The molecule has 0 aliphatic carbocycles. The number of ether oxygens (including phenoxy) is 1. The fraction of sp³-hybridized carbons (Fsp3) is 0.250. The average molecular weight is 389 g/mol. The molecule has 5 heteroatoms. The number of carbonyl (C=O) groups is 1. The minimum atomic E-state index is -0.424. The van der Waals surface area contributed by atoms with Crippen LogP contribution >= 0.6 is 0 Å². The molecule has 0 aliphatic heterocycles. The maximum absolute atomic E-state index is 12.2. The molecule has 0 saturated carbocycles.